The molecule has 0 aromatic heterocycles. The zero-order valence-corrected chi connectivity index (χ0v) is 13.3. The summed E-state index contributed by atoms with van der Waals surface area (Å²) in [7, 11) is 0. The van der Waals surface area contributed by atoms with Gasteiger partial charge in [-0.3, -0.25) is 4.99 Å². The molecule has 0 fully saturated rings. The van der Waals surface area contributed by atoms with Crippen molar-refractivity contribution in [3.8, 4) is 0 Å². The maximum absolute atomic E-state index is 13.1. The highest BCUT2D eigenvalue weighted by Crippen LogP contribution is 2.34. The Hall–Kier alpha value is -1.59. The molecule has 108 valence electrons. The molecule has 21 heavy (non-hydrogen) atoms. The Bertz CT molecular complexity index is 703. The molecule has 0 aliphatic carbocycles. The summed E-state index contributed by atoms with van der Waals surface area (Å²) in [6.45, 7) is 0.553. The number of guanidine groups is 1. The van der Waals surface area contributed by atoms with Crippen LogP contribution in [-0.2, 0) is 0 Å². The second-order valence-corrected chi connectivity index (χ2v) is 6.00. The molecular weight excluding hydrogens is 357 g/mol. The molecule has 1 aliphatic heterocycles. The SMILES string of the molecule is NC1=NCC(c2ccc(Cl)c(Br)c2)N1c1ccc(F)cc1. The number of nitrogens with two attached hydrogens (primary N) is 1. The Labute approximate surface area is 135 Å². The van der Waals surface area contributed by atoms with Gasteiger partial charge in [0.05, 0.1) is 17.6 Å². The molecule has 1 heterocycles. The Balaban J connectivity index is 1.98. The Kier molecular flexibility index (Phi) is 3.87. The van der Waals surface area contributed by atoms with Crippen LogP contribution in [0.3, 0.4) is 0 Å². The zero-order chi connectivity index (χ0) is 15.0. The van der Waals surface area contributed by atoms with E-state index in [0.29, 0.717) is 17.5 Å². The summed E-state index contributed by atoms with van der Waals surface area (Å²) in [6.07, 6.45) is 0. The number of benzene rings is 2. The standard InChI is InChI=1S/C15H12BrClFN3/c16-12-7-9(1-6-13(12)17)14-8-20-15(19)21(14)11-4-2-10(18)3-5-11/h1-7,14H,8H2,(H2,19,20). The van der Waals surface area contributed by atoms with Crippen molar-refractivity contribution in [3.63, 3.8) is 0 Å². The van der Waals surface area contributed by atoms with Gasteiger partial charge >= 0.3 is 0 Å². The van der Waals surface area contributed by atoms with Crippen LogP contribution in [0.4, 0.5) is 10.1 Å². The number of aliphatic imine (C=N–C) groups is 1. The number of hydrogen-bond donors (Lipinski definition) is 1. The van der Waals surface area contributed by atoms with Gasteiger partial charge in [0.25, 0.3) is 0 Å². The third-order valence-corrected chi connectivity index (χ3v) is 4.63. The van der Waals surface area contributed by atoms with Crippen molar-refractivity contribution in [3.05, 3.63) is 63.3 Å². The van der Waals surface area contributed by atoms with Crippen molar-refractivity contribution in [2.75, 3.05) is 11.4 Å². The van der Waals surface area contributed by atoms with Gasteiger partial charge in [0.1, 0.15) is 5.82 Å². The molecule has 3 nitrogen and oxygen atoms in total. The van der Waals surface area contributed by atoms with Crippen LogP contribution in [0.5, 0.6) is 0 Å². The third-order valence-electron chi connectivity index (χ3n) is 3.42. The van der Waals surface area contributed by atoms with Crippen molar-refractivity contribution in [1.82, 2.24) is 0 Å². The van der Waals surface area contributed by atoms with Crippen LogP contribution >= 0.6 is 27.5 Å². The Morgan fingerprint density at radius 2 is 1.95 bits per heavy atom. The third kappa shape index (κ3) is 2.76. The van der Waals surface area contributed by atoms with Crippen LogP contribution in [0.1, 0.15) is 11.6 Å². The highest BCUT2D eigenvalue weighted by atomic mass is 79.9. The monoisotopic (exact) mass is 367 g/mol. The molecular formula is C15H12BrClFN3. The first-order valence-corrected chi connectivity index (χ1v) is 7.53. The predicted octanol–water partition coefficient (Wildman–Crippen LogP) is 4.12. The first-order valence-electron chi connectivity index (χ1n) is 6.36. The summed E-state index contributed by atoms with van der Waals surface area (Å²) in [5.74, 6) is 0.150. The molecule has 6 heteroatoms. The predicted molar refractivity (Wildman–Crippen MR) is 87.3 cm³/mol. The Morgan fingerprint density at radius 1 is 1.24 bits per heavy atom. The fourth-order valence-corrected chi connectivity index (χ4v) is 2.90. The summed E-state index contributed by atoms with van der Waals surface area (Å²) in [5, 5.41) is 0.652. The largest absolute Gasteiger partial charge is 0.369 e. The van der Waals surface area contributed by atoms with Gasteiger partial charge in [-0.05, 0) is 57.9 Å². The number of anilines is 1. The smallest absolute Gasteiger partial charge is 0.196 e. The number of rotatable bonds is 2. The van der Waals surface area contributed by atoms with E-state index < -0.39 is 0 Å². The molecule has 3 rings (SSSR count). The summed E-state index contributed by atoms with van der Waals surface area (Å²) < 4.78 is 13.9. The van der Waals surface area contributed by atoms with Crippen LogP contribution < -0.4 is 10.6 Å². The quantitative estimate of drug-likeness (QED) is 0.866. The van der Waals surface area contributed by atoms with E-state index in [1.165, 1.54) is 12.1 Å². The topological polar surface area (TPSA) is 41.6 Å². The van der Waals surface area contributed by atoms with Crippen LogP contribution in [0.25, 0.3) is 0 Å². The van der Waals surface area contributed by atoms with Crippen LogP contribution in [0.2, 0.25) is 5.02 Å². The van der Waals surface area contributed by atoms with Gasteiger partial charge in [-0.15, -0.1) is 0 Å². The summed E-state index contributed by atoms with van der Waals surface area (Å²) >= 11 is 9.46. The van der Waals surface area contributed by atoms with E-state index in [1.54, 1.807) is 12.1 Å². The van der Waals surface area contributed by atoms with Gasteiger partial charge in [-0.2, -0.15) is 0 Å². The fraction of sp³-hybridized carbons (Fsp3) is 0.133. The summed E-state index contributed by atoms with van der Waals surface area (Å²) in [4.78, 5) is 6.20. The van der Waals surface area contributed by atoms with Gasteiger partial charge in [-0.1, -0.05) is 17.7 Å². The van der Waals surface area contributed by atoms with Gasteiger partial charge in [-0.25, -0.2) is 4.39 Å². The molecule has 2 aromatic carbocycles. The van der Waals surface area contributed by atoms with E-state index in [1.807, 2.05) is 23.1 Å². The van der Waals surface area contributed by atoms with E-state index in [4.69, 9.17) is 17.3 Å². The maximum atomic E-state index is 13.1. The molecule has 0 amide bonds. The lowest BCUT2D eigenvalue weighted by Gasteiger charge is -2.27. The molecule has 0 saturated heterocycles. The average Bonchev–Trinajstić information content (AvgIpc) is 2.85. The first kappa shape index (κ1) is 14.4. The van der Waals surface area contributed by atoms with Crippen molar-refractivity contribution in [2.24, 2.45) is 10.7 Å². The maximum Gasteiger partial charge on any atom is 0.196 e. The highest BCUT2D eigenvalue weighted by Gasteiger charge is 2.29. The lowest BCUT2D eigenvalue weighted by atomic mass is 10.1. The minimum atomic E-state index is -0.278. The van der Waals surface area contributed by atoms with Gasteiger partial charge in [0.2, 0.25) is 0 Å². The molecule has 1 unspecified atom stereocenters. The first-order chi connectivity index (χ1) is 10.1. The van der Waals surface area contributed by atoms with E-state index in [9.17, 15) is 4.39 Å². The Morgan fingerprint density at radius 3 is 2.62 bits per heavy atom. The van der Waals surface area contributed by atoms with Crippen molar-refractivity contribution < 1.29 is 4.39 Å². The highest BCUT2D eigenvalue weighted by molar-refractivity contribution is 9.10. The van der Waals surface area contributed by atoms with E-state index in [0.717, 1.165) is 15.7 Å². The van der Waals surface area contributed by atoms with Gasteiger partial charge in [0, 0.05) is 10.2 Å². The lowest BCUT2D eigenvalue weighted by molar-refractivity contribution is 0.627. The zero-order valence-electron chi connectivity index (χ0n) is 10.9. The van der Waals surface area contributed by atoms with E-state index >= 15 is 0 Å². The normalized spacial score (nSPS) is 18.0. The number of nitrogens with zero attached hydrogens (tertiary/aromatic N) is 2. The minimum absolute atomic E-state index is 0.0240. The van der Waals surface area contributed by atoms with E-state index in [2.05, 4.69) is 20.9 Å². The molecule has 1 aliphatic rings. The fourth-order valence-electron chi connectivity index (χ4n) is 2.39. The van der Waals surface area contributed by atoms with Crippen molar-refractivity contribution in [1.29, 1.82) is 0 Å². The molecule has 2 N–H and O–H groups in total. The number of hydrogen-bond acceptors (Lipinski definition) is 3. The second-order valence-electron chi connectivity index (χ2n) is 4.73. The average molecular weight is 369 g/mol. The van der Waals surface area contributed by atoms with E-state index in [-0.39, 0.29) is 11.9 Å². The molecule has 2 aromatic rings. The summed E-state index contributed by atoms with van der Waals surface area (Å²) in [6, 6.07) is 11.9. The molecule has 0 bridgehead atoms. The number of halogens is 3. The molecule has 0 saturated carbocycles. The van der Waals surface area contributed by atoms with Crippen LogP contribution in [-0.4, -0.2) is 12.5 Å². The van der Waals surface area contributed by atoms with Crippen molar-refractivity contribution in [2.45, 2.75) is 6.04 Å². The van der Waals surface area contributed by atoms with Gasteiger partial charge < -0.3 is 10.6 Å². The molecule has 0 radical (unpaired) electrons. The molecule has 1 atom stereocenters. The second kappa shape index (κ2) is 5.66. The lowest BCUT2D eigenvalue weighted by Crippen LogP contribution is -2.36. The van der Waals surface area contributed by atoms with Gasteiger partial charge in [0.15, 0.2) is 5.96 Å². The van der Waals surface area contributed by atoms with Crippen molar-refractivity contribution >= 4 is 39.2 Å². The summed E-state index contributed by atoms with van der Waals surface area (Å²) in [5.41, 5.74) is 7.84. The molecule has 0 spiro atoms. The van der Waals surface area contributed by atoms with Crippen LogP contribution in [0.15, 0.2) is 51.9 Å². The minimum Gasteiger partial charge on any atom is -0.369 e. The van der Waals surface area contributed by atoms with Crippen LogP contribution in [0, 0.1) is 5.82 Å².